The van der Waals surface area contributed by atoms with Gasteiger partial charge in [-0.05, 0) is 12.0 Å². The molecule has 0 radical (unpaired) electrons. The SMILES string of the molecule is N#CNC(=O)[C@H](N)Cc1ccccc1. The molecule has 1 aromatic rings. The highest BCUT2D eigenvalue weighted by Gasteiger charge is 2.12. The maximum absolute atomic E-state index is 11.1. The third-order valence-electron chi connectivity index (χ3n) is 1.81. The predicted molar refractivity (Wildman–Crippen MR) is 51.9 cm³/mol. The van der Waals surface area contributed by atoms with Gasteiger partial charge in [0.2, 0.25) is 5.91 Å². The predicted octanol–water partition coefficient (Wildman–Crippen LogP) is 0.154. The molecule has 1 atom stereocenters. The summed E-state index contributed by atoms with van der Waals surface area (Å²) in [5.74, 6) is -0.448. The van der Waals surface area contributed by atoms with E-state index >= 15 is 0 Å². The minimum Gasteiger partial charge on any atom is -0.320 e. The Bertz CT molecular complexity index is 342. The summed E-state index contributed by atoms with van der Waals surface area (Å²) in [5, 5.41) is 10.2. The summed E-state index contributed by atoms with van der Waals surface area (Å²) in [6.45, 7) is 0. The number of rotatable bonds is 3. The molecule has 0 bridgehead atoms. The molecule has 0 aliphatic heterocycles. The summed E-state index contributed by atoms with van der Waals surface area (Å²) >= 11 is 0. The van der Waals surface area contributed by atoms with Gasteiger partial charge in [-0.1, -0.05) is 30.3 Å². The number of hydrogen-bond acceptors (Lipinski definition) is 3. The van der Waals surface area contributed by atoms with E-state index in [9.17, 15) is 4.79 Å². The normalized spacial score (nSPS) is 11.4. The zero-order valence-electron chi connectivity index (χ0n) is 7.60. The lowest BCUT2D eigenvalue weighted by molar-refractivity contribution is -0.121. The number of benzene rings is 1. The second-order valence-electron chi connectivity index (χ2n) is 2.90. The van der Waals surface area contributed by atoms with Crippen LogP contribution < -0.4 is 11.1 Å². The van der Waals surface area contributed by atoms with Gasteiger partial charge in [0.15, 0.2) is 6.19 Å². The van der Waals surface area contributed by atoms with Crippen LogP contribution in [0.25, 0.3) is 0 Å². The Morgan fingerprint density at radius 2 is 2.14 bits per heavy atom. The molecule has 0 unspecified atom stereocenters. The lowest BCUT2D eigenvalue weighted by atomic mass is 10.1. The molecular formula is C10H11N3O. The lowest BCUT2D eigenvalue weighted by Gasteiger charge is -2.08. The Balaban J connectivity index is 2.54. The quantitative estimate of drug-likeness (QED) is 0.525. The largest absolute Gasteiger partial charge is 0.320 e. The summed E-state index contributed by atoms with van der Waals surface area (Å²) < 4.78 is 0. The van der Waals surface area contributed by atoms with Gasteiger partial charge in [-0.15, -0.1) is 0 Å². The molecule has 0 heterocycles. The Morgan fingerprint density at radius 1 is 1.50 bits per heavy atom. The van der Waals surface area contributed by atoms with Crippen molar-refractivity contribution in [3.63, 3.8) is 0 Å². The first kappa shape index (κ1) is 10.2. The summed E-state index contributed by atoms with van der Waals surface area (Å²) in [5.41, 5.74) is 6.55. The zero-order chi connectivity index (χ0) is 10.4. The van der Waals surface area contributed by atoms with Crippen LogP contribution in [0.1, 0.15) is 5.56 Å². The zero-order valence-corrected chi connectivity index (χ0v) is 7.60. The highest BCUT2D eigenvalue weighted by Crippen LogP contribution is 2.01. The van der Waals surface area contributed by atoms with Crippen molar-refractivity contribution in [1.82, 2.24) is 5.32 Å². The number of nitrogens with zero attached hydrogens (tertiary/aromatic N) is 1. The van der Waals surface area contributed by atoms with E-state index in [1.807, 2.05) is 35.6 Å². The smallest absolute Gasteiger partial charge is 0.250 e. The Hall–Kier alpha value is -1.86. The van der Waals surface area contributed by atoms with Gasteiger partial charge in [-0.2, -0.15) is 5.26 Å². The topological polar surface area (TPSA) is 78.9 Å². The van der Waals surface area contributed by atoms with Gasteiger partial charge < -0.3 is 5.73 Å². The van der Waals surface area contributed by atoms with Gasteiger partial charge in [-0.25, -0.2) is 0 Å². The summed E-state index contributed by atoms with van der Waals surface area (Å²) in [7, 11) is 0. The monoisotopic (exact) mass is 189 g/mol. The molecule has 1 aromatic carbocycles. The number of hydrogen-bond donors (Lipinski definition) is 2. The number of carbonyl (C=O) groups excluding carboxylic acids is 1. The maximum atomic E-state index is 11.1. The maximum Gasteiger partial charge on any atom is 0.250 e. The lowest BCUT2D eigenvalue weighted by Crippen LogP contribution is -2.39. The van der Waals surface area contributed by atoms with Crippen LogP contribution in [-0.2, 0) is 11.2 Å². The van der Waals surface area contributed by atoms with Gasteiger partial charge in [-0.3, -0.25) is 10.1 Å². The summed E-state index contributed by atoms with van der Waals surface area (Å²) in [4.78, 5) is 11.1. The standard InChI is InChI=1S/C10H11N3O/c11-7-13-10(14)9(12)6-8-4-2-1-3-5-8/h1-5,9H,6,12H2,(H,13,14)/t9-/m1/s1. The van der Waals surface area contributed by atoms with Crippen molar-refractivity contribution in [2.24, 2.45) is 5.73 Å². The molecule has 1 rings (SSSR count). The minimum atomic E-state index is -0.669. The van der Waals surface area contributed by atoms with Crippen molar-refractivity contribution < 1.29 is 4.79 Å². The van der Waals surface area contributed by atoms with Gasteiger partial charge in [0.05, 0.1) is 6.04 Å². The molecule has 0 spiro atoms. The number of amides is 1. The molecule has 0 aliphatic carbocycles. The Morgan fingerprint density at radius 3 is 2.71 bits per heavy atom. The van der Waals surface area contributed by atoms with Crippen LogP contribution in [0.15, 0.2) is 30.3 Å². The summed E-state index contributed by atoms with van der Waals surface area (Å²) in [6, 6.07) is 8.76. The molecule has 4 heteroatoms. The molecule has 1 amide bonds. The van der Waals surface area contributed by atoms with E-state index in [0.29, 0.717) is 6.42 Å². The highest BCUT2D eigenvalue weighted by atomic mass is 16.2. The van der Waals surface area contributed by atoms with Crippen molar-refractivity contribution in [2.75, 3.05) is 0 Å². The average molecular weight is 189 g/mol. The number of nitrogens with two attached hydrogens (primary N) is 1. The molecule has 14 heavy (non-hydrogen) atoms. The Kier molecular flexibility index (Phi) is 3.65. The summed E-state index contributed by atoms with van der Waals surface area (Å²) in [6.07, 6.45) is 1.99. The second-order valence-corrected chi connectivity index (χ2v) is 2.90. The molecule has 72 valence electrons. The van der Waals surface area contributed by atoms with Crippen LogP contribution in [0.2, 0.25) is 0 Å². The van der Waals surface area contributed by atoms with E-state index < -0.39 is 11.9 Å². The second kappa shape index (κ2) is 5.00. The van der Waals surface area contributed by atoms with Crippen LogP contribution in [0.3, 0.4) is 0 Å². The van der Waals surface area contributed by atoms with Crippen molar-refractivity contribution in [2.45, 2.75) is 12.5 Å². The third-order valence-corrected chi connectivity index (χ3v) is 1.81. The first-order valence-corrected chi connectivity index (χ1v) is 4.22. The number of carbonyl (C=O) groups is 1. The van der Waals surface area contributed by atoms with Crippen LogP contribution in [-0.4, -0.2) is 11.9 Å². The third kappa shape index (κ3) is 2.88. The van der Waals surface area contributed by atoms with Crippen molar-refractivity contribution >= 4 is 5.91 Å². The van der Waals surface area contributed by atoms with Crippen molar-refractivity contribution in [1.29, 1.82) is 5.26 Å². The fraction of sp³-hybridized carbons (Fsp3) is 0.200. The fourth-order valence-corrected chi connectivity index (χ4v) is 1.11. The molecule has 0 aliphatic rings. The van der Waals surface area contributed by atoms with Crippen LogP contribution in [0.5, 0.6) is 0 Å². The van der Waals surface area contributed by atoms with E-state index in [4.69, 9.17) is 11.0 Å². The molecule has 4 nitrogen and oxygen atoms in total. The molecule has 0 saturated heterocycles. The van der Waals surface area contributed by atoms with Crippen molar-refractivity contribution in [3.05, 3.63) is 35.9 Å². The molecule has 0 fully saturated rings. The molecular weight excluding hydrogens is 178 g/mol. The van der Waals surface area contributed by atoms with Crippen LogP contribution >= 0.6 is 0 Å². The average Bonchev–Trinajstić information content (AvgIpc) is 2.19. The number of nitrogens with one attached hydrogen (secondary N) is 1. The van der Waals surface area contributed by atoms with Gasteiger partial charge >= 0.3 is 0 Å². The van der Waals surface area contributed by atoms with Crippen molar-refractivity contribution in [3.8, 4) is 6.19 Å². The molecule has 3 N–H and O–H groups in total. The van der Waals surface area contributed by atoms with Gasteiger partial charge in [0, 0.05) is 0 Å². The number of nitriles is 1. The van der Waals surface area contributed by atoms with E-state index in [1.165, 1.54) is 0 Å². The van der Waals surface area contributed by atoms with Gasteiger partial charge in [0.25, 0.3) is 0 Å². The molecule has 0 saturated carbocycles. The molecule has 0 aromatic heterocycles. The van der Waals surface area contributed by atoms with Crippen LogP contribution in [0.4, 0.5) is 0 Å². The fourth-order valence-electron chi connectivity index (χ4n) is 1.11. The van der Waals surface area contributed by atoms with E-state index in [0.717, 1.165) is 5.56 Å². The highest BCUT2D eigenvalue weighted by molar-refractivity contribution is 5.83. The first-order valence-electron chi connectivity index (χ1n) is 4.22. The first-order chi connectivity index (χ1) is 6.74. The van der Waals surface area contributed by atoms with E-state index in [2.05, 4.69) is 0 Å². The minimum absolute atomic E-state index is 0.439. The Labute approximate surface area is 82.3 Å². The van der Waals surface area contributed by atoms with E-state index in [1.54, 1.807) is 6.19 Å². The van der Waals surface area contributed by atoms with Crippen LogP contribution in [0, 0.1) is 11.5 Å². The van der Waals surface area contributed by atoms with Gasteiger partial charge in [0.1, 0.15) is 0 Å². The van der Waals surface area contributed by atoms with E-state index in [-0.39, 0.29) is 0 Å².